The average molecular weight is 257 g/mol. The van der Waals surface area contributed by atoms with Gasteiger partial charge in [0.2, 0.25) is 0 Å². The summed E-state index contributed by atoms with van der Waals surface area (Å²) in [6, 6.07) is 12.1. The molecular formula is C15H19N3O. The zero-order valence-electron chi connectivity index (χ0n) is 11.1. The van der Waals surface area contributed by atoms with E-state index in [2.05, 4.69) is 22.4 Å². The maximum absolute atomic E-state index is 5.53. The molecule has 0 atom stereocenters. The second kappa shape index (κ2) is 6.75. The molecule has 2 rings (SSSR count). The number of hydrogen-bond acceptors (Lipinski definition) is 4. The molecule has 0 saturated heterocycles. The second-order valence-electron chi connectivity index (χ2n) is 4.30. The molecule has 0 amide bonds. The van der Waals surface area contributed by atoms with Crippen LogP contribution in [0.25, 0.3) is 0 Å². The molecule has 1 heterocycles. The monoisotopic (exact) mass is 257 g/mol. The van der Waals surface area contributed by atoms with Crippen LogP contribution in [0, 0.1) is 0 Å². The molecule has 100 valence electrons. The Hall–Kier alpha value is -2.07. The second-order valence-corrected chi connectivity index (χ2v) is 4.30. The number of anilines is 2. The third-order valence-corrected chi connectivity index (χ3v) is 2.84. The summed E-state index contributed by atoms with van der Waals surface area (Å²) in [6.07, 6.45) is 3.70. The highest BCUT2D eigenvalue weighted by Gasteiger charge is 1.99. The van der Waals surface area contributed by atoms with Gasteiger partial charge in [-0.1, -0.05) is 12.1 Å². The predicted molar refractivity (Wildman–Crippen MR) is 77.9 cm³/mol. The molecule has 4 nitrogen and oxygen atoms in total. The third kappa shape index (κ3) is 3.96. The van der Waals surface area contributed by atoms with Crippen molar-refractivity contribution >= 4 is 11.5 Å². The highest BCUT2D eigenvalue weighted by Crippen LogP contribution is 2.18. The smallest absolute Gasteiger partial charge is 0.137 e. The zero-order chi connectivity index (χ0) is 13.5. The number of aromatic nitrogens is 1. The van der Waals surface area contributed by atoms with Crippen molar-refractivity contribution in [1.29, 1.82) is 0 Å². The number of hydrogen-bond donors (Lipinski definition) is 2. The molecule has 4 heteroatoms. The van der Waals surface area contributed by atoms with Gasteiger partial charge in [0, 0.05) is 5.69 Å². The standard InChI is InChI=1S/C15H19N3O/c1-19-14-7-8-15(17-11-14)18-13-6-2-4-12(10-13)5-3-9-16/h2,4,6-8,10-11H,3,5,9,16H2,1H3,(H,17,18). The molecule has 0 saturated carbocycles. The molecule has 0 aliphatic carbocycles. The van der Waals surface area contributed by atoms with Crippen molar-refractivity contribution in [2.45, 2.75) is 12.8 Å². The van der Waals surface area contributed by atoms with E-state index in [-0.39, 0.29) is 0 Å². The molecule has 19 heavy (non-hydrogen) atoms. The van der Waals surface area contributed by atoms with E-state index in [0.29, 0.717) is 0 Å². The molecule has 1 aromatic heterocycles. The Labute approximate surface area is 113 Å². The number of nitrogens with zero attached hydrogens (tertiary/aromatic N) is 1. The van der Waals surface area contributed by atoms with Gasteiger partial charge in [0.1, 0.15) is 11.6 Å². The lowest BCUT2D eigenvalue weighted by atomic mass is 10.1. The normalized spacial score (nSPS) is 10.2. The van der Waals surface area contributed by atoms with E-state index in [1.165, 1.54) is 5.56 Å². The van der Waals surface area contributed by atoms with Gasteiger partial charge in [-0.2, -0.15) is 0 Å². The fourth-order valence-corrected chi connectivity index (χ4v) is 1.83. The molecule has 0 aliphatic heterocycles. The van der Waals surface area contributed by atoms with Crippen molar-refractivity contribution in [1.82, 2.24) is 4.98 Å². The Morgan fingerprint density at radius 3 is 2.84 bits per heavy atom. The molecule has 0 spiro atoms. The molecule has 0 radical (unpaired) electrons. The summed E-state index contributed by atoms with van der Waals surface area (Å²) in [5.41, 5.74) is 7.84. The van der Waals surface area contributed by atoms with Crippen LogP contribution in [0.3, 0.4) is 0 Å². The minimum Gasteiger partial charge on any atom is -0.495 e. The van der Waals surface area contributed by atoms with Gasteiger partial charge in [0.05, 0.1) is 13.3 Å². The summed E-state index contributed by atoms with van der Waals surface area (Å²) < 4.78 is 5.08. The summed E-state index contributed by atoms with van der Waals surface area (Å²) in [5.74, 6) is 1.55. The molecule has 0 fully saturated rings. The van der Waals surface area contributed by atoms with Crippen molar-refractivity contribution in [3.63, 3.8) is 0 Å². The molecule has 1 aromatic carbocycles. The number of nitrogens with two attached hydrogens (primary N) is 1. The van der Waals surface area contributed by atoms with Gasteiger partial charge in [-0.25, -0.2) is 4.98 Å². The SMILES string of the molecule is COc1ccc(Nc2cccc(CCCN)c2)nc1. The molecule has 0 unspecified atom stereocenters. The Morgan fingerprint density at radius 1 is 1.26 bits per heavy atom. The molecule has 0 bridgehead atoms. The van der Waals surface area contributed by atoms with Gasteiger partial charge in [-0.05, 0) is 49.2 Å². The Bertz CT molecular complexity index is 511. The minimum atomic E-state index is 0.720. The van der Waals surface area contributed by atoms with E-state index in [4.69, 9.17) is 10.5 Å². The van der Waals surface area contributed by atoms with Crippen LogP contribution >= 0.6 is 0 Å². The number of pyridine rings is 1. The van der Waals surface area contributed by atoms with Crippen LogP contribution < -0.4 is 15.8 Å². The lowest BCUT2D eigenvalue weighted by Crippen LogP contribution is -2.00. The largest absolute Gasteiger partial charge is 0.495 e. The Kier molecular flexibility index (Phi) is 4.75. The summed E-state index contributed by atoms with van der Waals surface area (Å²) in [4.78, 5) is 4.28. The van der Waals surface area contributed by atoms with Gasteiger partial charge < -0.3 is 15.8 Å². The summed E-state index contributed by atoms with van der Waals surface area (Å²) >= 11 is 0. The van der Waals surface area contributed by atoms with Crippen LogP contribution in [-0.2, 0) is 6.42 Å². The number of benzene rings is 1. The van der Waals surface area contributed by atoms with Crippen molar-refractivity contribution in [2.24, 2.45) is 5.73 Å². The lowest BCUT2D eigenvalue weighted by Gasteiger charge is -2.08. The first-order valence-electron chi connectivity index (χ1n) is 6.38. The Balaban J connectivity index is 2.05. The van der Waals surface area contributed by atoms with E-state index >= 15 is 0 Å². The van der Waals surface area contributed by atoms with Crippen LogP contribution in [0.5, 0.6) is 5.75 Å². The first kappa shape index (κ1) is 13.4. The van der Waals surface area contributed by atoms with E-state index < -0.39 is 0 Å². The average Bonchev–Trinajstić information content (AvgIpc) is 2.46. The van der Waals surface area contributed by atoms with Gasteiger partial charge in [-0.3, -0.25) is 0 Å². The van der Waals surface area contributed by atoms with Crippen molar-refractivity contribution in [3.8, 4) is 5.75 Å². The van der Waals surface area contributed by atoms with Crippen LogP contribution in [0.1, 0.15) is 12.0 Å². The van der Waals surface area contributed by atoms with E-state index in [0.717, 1.165) is 36.6 Å². The van der Waals surface area contributed by atoms with E-state index in [1.807, 2.05) is 24.3 Å². The van der Waals surface area contributed by atoms with Crippen molar-refractivity contribution < 1.29 is 4.74 Å². The van der Waals surface area contributed by atoms with Gasteiger partial charge in [0.25, 0.3) is 0 Å². The highest BCUT2D eigenvalue weighted by atomic mass is 16.5. The summed E-state index contributed by atoms with van der Waals surface area (Å²) in [7, 11) is 1.63. The molecule has 2 aromatic rings. The van der Waals surface area contributed by atoms with Gasteiger partial charge >= 0.3 is 0 Å². The molecule has 0 aliphatic rings. The number of ether oxygens (including phenoxy) is 1. The van der Waals surface area contributed by atoms with Crippen LogP contribution in [0.2, 0.25) is 0 Å². The maximum Gasteiger partial charge on any atom is 0.137 e. The lowest BCUT2D eigenvalue weighted by molar-refractivity contribution is 0.413. The predicted octanol–water partition coefficient (Wildman–Crippen LogP) is 2.73. The van der Waals surface area contributed by atoms with E-state index in [9.17, 15) is 0 Å². The zero-order valence-corrected chi connectivity index (χ0v) is 11.1. The van der Waals surface area contributed by atoms with Crippen molar-refractivity contribution in [2.75, 3.05) is 19.0 Å². The van der Waals surface area contributed by atoms with Gasteiger partial charge in [-0.15, -0.1) is 0 Å². The number of nitrogens with one attached hydrogen (secondary N) is 1. The first-order chi connectivity index (χ1) is 9.31. The number of rotatable bonds is 6. The highest BCUT2D eigenvalue weighted by molar-refractivity contribution is 5.57. The van der Waals surface area contributed by atoms with Crippen molar-refractivity contribution in [3.05, 3.63) is 48.2 Å². The minimum absolute atomic E-state index is 0.720. The third-order valence-electron chi connectivity index (χ3n) is 2.84. The fourth-order valence-electron chi connectivity index (χ4n) is 1.83. The summed E-state index contributed by atoms with van der Waals surface area (Å²) in [5, 5.41) is 3.27. The first-order valence-corrected chi connectivity index (χ1v) is 6.38. The van der Waals surface area contributed by atoms with Crippen LogP contribution in [0.15, 0.2) is 42.6 Å². The number of aryl methyl sites for hydroxylation is 1. The summed E-state index contributed by atoms with van der Waals surface area (Å²) in [6.45, 7) is 0.720. The quantitative estimate of drug-likeness (QED) is 0.835. The number of methoxy groups -OCH3 is 1. The molecular weight excluding hydrogens is 238 g/mol. The topological polar surface area (TPSA) is 60.2 Å². The van der Waals surface area contributed by atoms with Gasteiger partial charge in [0.15, 0.2) is 0 Å². The molecule has 3 N–H and O–H groups in total. The fraction of sp³-hybridized carbons (Fsp3) is 0.267. The Morgan fingerprint density at radius 2 is 2.16 bits per heavy atom. The maximum atomic E-state index is 5.53. The van der Waals surface area contributed by atoms with E-state index in [1.54, 1.807) is 13.3 Å². The van der Waals surface area contributed by atoms with Crippen LogP contribution in [-0.4, -0.2) is 18.6 Å². The van der Waals surface area contributed by atoms with Crippen LogP contribution in [0.4, 0.5) is 11.5 Å².